The molecule has 4 N–H and O–H groups in total. The quantitative estimate of drug-likeness (QED) is 0.205. The van der Waals surface area contributed by atoms with Gasteiger partial charge in [-0.05, 0) is 19.4 Å². The molecule has 1 aliphatic rings. The molecule has 1 aromatic carbocycles. The Morgan fingerprint density at radius 2 is 1.97 bits per heavy atom. The lowest BCUT2D eigenvalue weighted by molar-refractivity contribution is -0.385. The van der Waals surface area contributed by atoms with Gasteiger partial charge in [0, 0.05) is 36.7 Å². The number of aromatic nitrogens is 2. The van der Waals surface area contributed by atoms with Crippen LogP contribution in [0.15, 0.2) is 15.7 Å². The molecule has 12 nitrogen and oxygen atoms in total. The van der Waals surface area contributed by atoms with Crippen LogP contribution >= 0.6 is 0 Å². The molecule has 0 spiro atoms. The fourth-order valence-corrected chi connectivity index (χ4v) is 3.37. The number of aliphatic carboxylic acids is 1. The number of rotatable bonds is 7. The Labute approximate surface area is 162 Å². The maximum atomic E-state index is 12.5. The predicted octanol–water partition coefficient (Wildman–Crippen LogP) is -0.536. The molecular formula is C17H19N5O7. The van der Waals surface area contributed by atoms with Crippen LogP contribution < -0.4 is 16.4 Å². The monoisotopic (exact) mass is 405 g/mol. The summed E-state index contributed by atoms with van der Waals surface area (Å²) in [6, 6.07) is 1.22. The molecule has 1 aromatic heterocycles. The zero-order chi connectivity index (χ0) is 21.1. The Hall–Kier alpha value is -3.54. The number of carbonyl (C=O) groups is 2. The number of benzene rings is 1. The van der Waals surface area contributed by atoms with E-state index in [1.807, 2.05) is 0 Å². The molecule has 0 fully saturated rings. The van der Waals surface area contributed by atoms with E-state index in [2.05, 4.69) is 15.3 Å². The van der Waals surface area contributed by atoms with E-state index in [1.54, 1.807) is 0 Å². The molecule has 0 atom stereocenters. The van der Waals surface area contributed by atoms with Crippen LogP contribution in [0.3, 0.4) is 0 Å². The molecule has 0 saturated heterocycles. The molecule has 12 heteroatoms. The van der Waals surface area contributed by atoms with E-state index in [0.29, 0.717) is 24.1 Å². The van der Waals surface area contributed by atoms with Crippen LogP contribution in [-0.2, 0) is 22.6 Å². The Morgan fingerprint density at radius 1 is 1.24 bits per heavy atom. The fraction of sp³-hybridized carbons (Fsp3) is 0.412. The van der Waals surface area contributed by atoms with E-state index in [0.717, 1.165) is 0 Å². The second-order valence-corrected chi connectivity index (χ2v) is 6.68. The highest BCUT2D eigenvalue weighted by Gasteiger charge is 2.29. The van der Waals surface area contributed by atoms with Gasteiger partial charge in [0.1, 0.15) is 0 Å². The van der Waals surface area contributed by atoms with Crippen molar-refractivity contribution in [3.8, 4) is 0 Å². The molecule has 1 aliphatic heterocycles. The SMILES string of the molecule is O=C(O)CCCNCC(=O)N1CCc2c([N+](=O)[O-])cc3[nH]c(=O)c(=O)[nH]c3c2C1. The van der Waals surface area contributed by atoms with Crippen LogP contribution in [-0.4, -0.2) is 56.4 Å². The van der Waals surface area contributed by atoms with Crippen molar-refractivity contribution in [3.63, 3.8) is 0 Å². The zero-order valence-electron chi connectivity index (χ0n) is 15.3. The van der Waals surface area contributed by atoms with Crippen LogP contribution in [0.1, 0.15) is 24.0 Å². The standard InChI is InChI=1S/C17H19N5O7/c23-13(7-18-4-1-2-14(24)25)21-5-3-9-10(8-21)15-11(6-12(9)22(28)29)19-16(26)17(27)20-15/h6,18H,1-5,7-8H2,(H,19,26)(H,20,27)(H,24,25). The first-order valence-corrected chi connectivity index (χ1v) is 8.93. The second kappa shape index (κ2) is 8.22. The second-order valence-electron chi connectivity index (χ2n) is 6.68. The molecule has 0 saturated carbocycles. The topological polar surface area (TPSA) is 178 Å². The Morgan fingerprint density at radius 3 is 2.66 bits per heavy atom. The molecule has 2 heterocycles. The molecule has 0 radical (unpaired) electrons. The van der Waals surface area contributed by atoms with Crippen molar-refractivity contribution < 1.29 is 19.6 Å². The minimum atomic E-state index is -0.916. The van der Waals surface area contributed by atoms with Crippen LogP contribution in [0.25, 0.3) is 11.0 Å². The Kier molecular flexibility index (Phi) is 5.73. The molecular weight excluding hydrogens is 386 g/mol. The summed E-state index contributed by atoms with van der Waals surface area (Å²) >= 11 is 0. The van der Waals surface area contributed by atoms with E-state index in [4.69, 9.17) is 5.11 Å². The number of fused-ring (bicyclic) bond motifs is 3. The van der Waals surface area contributed by atoms with Crippen LogP contribution in [0, 0.1) is 10.1 Å². The summed E-state index contributed by atoms with van der Waals surface area (Å²) < 4.78 is 0. The maximum Gasteiger partial charge on any atom is 0.314 e. The van der Waals surface area contributed by atoms with Crippen LogP contribution in [0.5, 0.6) is 0 Å². The normalized spacial score (nSPS) is 13.3. The number of hydrogen-bond acceptors (Lipinski definition) is 7. The number of nitrogens with zero attached hydrogens (tertiary/aromatic N) is 2. The van der Waals surface area contributed by atoms with Gasteiger partial charge in [0.15, 0.2) is 0 Å². The minimum absolute atomic E-state index is 0.000493. The lowest BCUT2D eigenvalue weighted by Gasteiger charge is -2.29. The Balaban J connectivity index is 1.84. The molecule has 0 unspecified atom stereocenters. The average molecular weight is 405 g/mol. The first-order chi connectivity index (χ1) is 13.8. The van der Waals surface area contributed by atoms with Gasteiger partial charge < -0.3 is 25.3 Å². The van der Waals surface area contributed by atoms with Crippen molar-refractivity contribution in [2.24, 2.45) is 0 Å². The number of nitro groups is 1. The number of carbonyl (C=O) groups excluding carboxylic acids is 1. The van der Waals surface area contributed by atoms with Gasteiger partial charge in [-0.2, -0.15) is 0 Å². The molecule has 154 valence electrons. The summed E-state index contributed by atoms with van der Waals surface area (Å²) in [5.41, 5.74) is -0.729. The van der Waals surface area contributed by atoms with Crippen molar-refractivity contribution >= 4 is 28.6 Å². The third kappa shape index (κ3) is 4.32. The van der Waals surface area contributed by atoms with Crippen LogP contribution in [0.2, 0.25) is 0 Å². The molecule has 2 aromatic rings. The van der Waals surface area contributed by atoms with Crippen molar-refractivity contribution in [2.75, 3.05) is 19.6 Å². The maximum absolute atomic E-state index is 12.5. The average Bonchev–Trinajstić information content (AvgIpc) is 2.67. The number of nitro benzene ring substituents is 1. The molecule has 1 amide bonds. The van der Waals surface area contributed by atoms with E-state index < -0.39 is 22.0 Å². The van der Waals surface area contributed by atoms with Gasteiger partial charge in [0.25, 0.3) is 5.69 Å². The van der Waals surface area contributed by atoms with E-state index >= 15 is 0 Å². The highest BCUT2D eigenvalue weighted by molar-refractivity contribution is 5.85. The van der Waals surface area contributed by atoms with Gasteiger partial charge in [0.2, 0.25) is 5.91 Å². The number of aromatic amines is 2. The summed E-state index contributed by atoms with van der Waals surface area (Å²) in [7, 11) is 0. The summed E-state index contributed by atoms with van der Waals surface area (Å²) in [5.74, 6) is -1.16. The Bertz CT molecular complexity index is 1100. The summed E-state index contributed by atoms with van der Waals surface area (Å²) in [5, 5.41) is 22.9. The van der Waals surface area contributed by atoms with Crippen molar-refractivity contribution in [2.45, 2.75) is 25.8 Å². The minimum Gasteiger partial charge on any atom is -0.481 e. The number of carboxylic acid groups (broad SMARTS) is 1. The van der Waals surface area contributed by atoms with Crippen molar-refractivity contribution in [1.29, 1.82) is 0 Å². The van der Waals surface area contributed by atoms with Gasteiger partial charge >= 0.3 is 17.1 Å². The van der Waals surface area contributed by atoms with Gasteiger partial charge in [-0.1, -0.05) is 0 Å². The van der Waals surface area contributed by atoms with Gasteiger partial charge in [-0.15, -0.1) is 0 Å². The lowest BCUT2D eigenvalue weighted by atomic mass is 9.96. The molecule has 29 heavy (non-hydrogen) atoms. The predicted molar refractivity (Wildman–Crippen MR) is 101 cm³/mol. The van der Waals surface area contributed by atoms with Crippen molar-refractivity contribution in [1.82, 2.24) is 20.2 Å². The third-order valence-electron chi connectivity index (χ3n) is 4.77. The lowest BCUT2D eigenvalue weighted by Crippen LogP contribution is -2.42. The number of nitrogens with one attached hydrogen (secondary N) is 3. The summed E-state index contributed by atoms with van der Waals surface area (Å²) in [4.78, 5) is 63.5. The molecule has 0 aliphatic carbocycles. The van der Waals surface area contributed by atoms with E-state index in [-0.39, 0.29) is 55.1 Å². The molecule has 0 bridgehead atoms. The zero-order valence-corrected chi connectivity index (χ0v) is 15.3. The number of carboxylic acids is 1. The largest absolute Gasteiger partial charge is 0.481 e. The smallest absolute Gasteiger partial charge is 0.314 e. The number of H-pyrrole nitrogens is 2. The first kappa shape index (κ1) is 20.2. The van der Waals surface area contributed by atoms with Crippen molar-refractivity contribution in [3.05, 3.63) is 48.0 Å². The summed E-state index contributed by atoms with van der Waals surface area (Å²) in [6.07, 6.45) is 0.615. The highest BCUT2D eigenvalue weighted by atomic mass is 16.6. The van der Waals surface area contributed by atoms with Gasteiger partial charge in [0.05, 0.1) is 22.5 Å². The highest BCUT2D eigenvalue weighted by Crippen LogP contribution is 2.32. The van der Waals surface area contributed by atoms with E-state index in [9.17, 15) is 29.3 Å². The summed E-state index contributed by atoms with van der Waals surface area (Å²) in [6.45, 7) is 0.675. The van der Waals surface area contributed by atoms with Crippen LogP contribution in [0.4, 0.5) is 5.69 Å². The number of hydrogen-bond donors (Lipinski definition) is 4. The number of amides is 1. The van der Waals surface area contributed by atoms with Gasteiger partial charge in [-0.25, -0.2) is 0 Å². The third-order valence-corrected chi connectivity index (χ3v) is 4.77. The first-order valence-electron chi connectivity index (χ1n) is 8.93. The van der Waals surface area contributed by atoms with Gasteiger partial charge in [-0.3, -0.25) is 29.3 Å². The molecule has 3 rings (SSSR count). The fourth-order valence-electron chi connectivity index (χ4n) is 3.37. The van der Waals surface area contributed by atoms with E-state index in [1.165, 1.54) is 11.0 Å².